The lowest BCUT2D eigenvalue weighted by Gasteiger charge is -2.09. The van der Waals surface area contributed by atoms with Crippen molar-refractivity contribution in [3.63, 3.8) is 0 Å². The van der Waals surface area contributed by atoms with Crippen LogP contribution in [0, 0.1) is 5.82 Å². The van der Waals surface area contributed by atoms with E-state index in [1.165, 1.54) is 6.07 Å². The first-order valence-electron chi connectivity index (χ1n) is 7.98. The van der Waals surface area contributed by atoms with Crippen molar-refractivity contribution in [2.24, 2.45) is 0 Å². The molecule has 2 N–H and O–H groups in total. The molecule has 1 aromatic heterocycles. The van der Waals surface area contributed by atoms with Crippen molar-refractivity contribution in [2.75, 3.05) is 13.2 Å². The van der Waals surface area contributed by atoms with Crippen LogP contribution in [0.3, 0.4) is 0 Å². The largest absolute Gasteiger partial charge is 0.506 e. The standard InChI is InChI=1S/C12H8BrClFNO4.C5H7ClO3/c1-2-20-12(19)6-10(17)4-3-5(14)7(13)8(15)9(4)16-11(6)18;1-2-9-5(8)3-4(6)7/h3H,2H2,1H3,(H2,16,17,18);2-3H2,1H3. The zero-order chi connectivity index (χ0) is 22.3. The summed E-state index contributed by atoms with van der Waals surface area (Å²) in [7, 11) is 0. The van der Waals surface area contributed by atoms with Crippen LogP contribution in [0.5, 0.6) is 5.75 Å². The Hall–Kier alpha value is -2.17. The minimum atomic E-state index is -0.993. The van der Waals surface area contributed by atoms with Gasteiger partial charge in [0.05, 0.1) is 28.2 Å². The summed E-state index contributed by atoms with van der Waals surface area (Å²) in [4.78, 5) is 45.9. The van der Waals surface area contributed by atoms with E-state index in [2.05, 4.69) is 30.4 Å². The first-order valence-corrected chi connectivity index (χ1v) is 9.53. The third-order valence-corrected chi connectivity index (χ3v) is 4.62. The summed E-state index contributed by atoms with van der Waals surface area (Å²) < 4.78 is 23.0. The summed E-state index contributed by atoms with van der Waals surface area (Å²) in [6.07, 6.45) is -0.338. The third kappa shape index (κ3) is 6.41. The lowest BCUT2D eigenvalue weighted by molar-refractivity contribution is -0.144. The smallest absolute Gasteiger partial charge is 0.347 e. The van der Waals surface area contributed by atoms with Crippen molar-refractivity contribution in [3.05, 3.63) is 37.3 Å². The number of halogens is 4. The topological polar surface area (TPSA) is 123 Å². The normalized spacial score (nSPS) is 10.1. The molecule has 2 rings (SSSR count). The molecule has 0 bridgehead atoms. The van der Waals surface area contributed by atoms with E-state index < -0.39 is 39.9 Å². The average Bonchev–Trinajstić information content (AvgIpc) is 2.61. The highest BCUT2D eigenvalue weighted by molar-refractivity contribution is 9.10. The highest BCUT2D eigenvalue weighted by atomic mass is 79.9. The van der Waals surface area contributed by atoms with Crippen LogP contribution in [0.15, 0.2) is 15.3 Å². The summed E-state index contributed by atoms with van der Waals surface area (Å²) in [6, 6.07) is 1.23. The molecule has 29 heavy (non-hydrogen) atoms. The molecule has 0 atom stereocenters. The SMILES string of the molecule is CCOC(=O)CC(=O)Cl.CCOC(=O)c1c(O)c2cc(Cl)c(Br)c(F)c2[nH]c1=O. The van der Waals surface area contributed by atoms with Gasteiger partial charge in [-0.2, -0.15) is 0 Å². The number of nitrogens with one attached hydrogen (secondary N) is 1. The van der Waals surface area contributed by atoms with Crippen LogP contribution in [0.25, 0.3) is 10.9 Å². The number of hydrogen-bond acceptors (Lipinski definition) is 7. The summed E-state index contributed by atoms with van der Waals surface area (Å²) in [6.45, 7) is 3.53. The second-order valence-corrected chi connectivity index (χ2v) is 6.77. The lowest BCUT2D eigenvalue weighted by atomic mass is 10.1. The van der Waals surface area contributed by atoms with E-state index in [9.17, 15) is 28.7 Å². The molecule has 0 aliphatic heterocycles. The Morgan fingerprint density at radius 3 is 2.34 bits per heavy atom. The van der Waals surface area contributed by atoms with Gasteiger partial charge in [-0.05, 0) is 47.4 Å². The number of hydrogen-bond donors (Lipinski definition) is 2. The van der Waals surface area contributed by atoms with Crippen LogP contribution < -0.4 is 5.56 Å². The van der Waals surface area contributed by atoms with Gasteiger partial charge in [0, 0.05) is 5.39 Å². The zero-order valence-electron chi connectivity index (χ0n) is 15.1. The van der Waals surface area contributed by atoms with Crippen molar-refractivity contribution < 1.29 is 33.4 Å². The van der Waals surface area contributed by atoms with E-state index in [4.69, 9.17) is 23.2 Å². The van der Waals surface area contributed by atoms with Gasteiger partial charge in [0.25, 0.3) is 5.56 Å². The maximum absolute atomic E-state index is 14.0. The van der Waals surface area contributed by atoms with E-state index in [1.54, 1.807) is 13.8 Å². The Kier molecular flexibility index (Phi) is 9.54. The van der Waals surface area contributed by atoms with Crippen molar-refractivity contribution >= 4 is 67.2 Å². The number of carbonyl (C=O) groups is 3. The monoisotopic (exact) mass is 513 g/mol. The van der Waals surface area contributed by atoms with E-state index >= 15 is 0 Å². The first kappa shape index (κ1) is 24.9. The number of ether oxygens (including phenoxy) is 2. The molecular formula is C17H15BrCl2FNO7. The number of benzene rings is 1. The van der Waals surface area contributed by atoms with Gasteiger partial charge in [0.15, 0.2) is 11.4 Å². The lowest BCUT2D eigenvalue weighted by Crippen LogP contribution is -2.20. The Labute approximate surface area is 182 Å². The van der Waals surface area contributed by atoms with Gasteiger partial charge < -0.3 is 19.6 Å². The minimum Gasteiger partial charge on any atom is -0.506 e. The first-order chi connectivity index (χ1) is 13.5. The van der Waals surface area contributed by atoms with E-state index in [-0.39, 0.29) is 40.0 Å². The number of pyridine rings is 1. The van der Waals surface area contributed by atoms with Gasteiger partial charge in [-0.1, -0.05) is 11.6 Å². The molecular weight excluding hydrogens is 500 g/mol. The predicted molar refractivity (Wildman–Crippen MR) is 107 cm³/mol. The van der Waals surface area contributed by atoms with Crippen LogP contribution in [0.1, 0.15) is 30.6 Å². The maximum atomic E-state index is 14.0. The molecule has 0 aliphatic rings. The highest BCUT2D eigenvalue weighted by Gasteiger charge is 2.23. The highest BCUT2D eigenvalue weighted by Crippen LogP contribution is 2.35. The summed E-state index contributed by atoms with van der Waals surface area (Å²) in [5.41, 5.74) is -1.78. The molecule has 1 aromatic carbocycles. The number of aromatic amines is 1. The number of fused-ring (bicyclic) bond motifs is 1. The fraction of sp³-hybridized carbons (Fsp3) is 0.294. The van der Waals surface area contributed by atoms with Crippen molar-refractivity contribution in [1.29, 1.82) is 0 Å². The van der Waals surface area contributed by atoms with E-state index in [1.807, 2.05) is 0 Å². The van der Waals surface area contributed by atoms with Gasteiger partial charge in [0.2, 0.25) is 5.24 Å². The van der Waals surface area contributed by atoms with Crippen LogP contribution in [-0.4, -0.2) is 40.5 Å². The van der Waals surface area contributed by atoms with Crippen LogP contribution in [0.2, 0.25) is 5.02 Å². The quantitative estimate of drug-likeness (QED) is 0.270. The number of aromatic nitrogens is 1. The van der Waals surface area contributed by atoms with Gasteiger partial charge in [-0.15, -0.1) is 0 Å². The molecule has 0 aliphatic carbocycles. The molecule has 0 amide bonds. The maximum Gasteiger partial charge on any atom is 0.347 e. The van der Waals surface area contributed by atoms with Crippen LogP contribution in [0.4, 0.5) is 4.39 Å². The second-order valence-electron chi connectivity index (χ2n) is 5.14. The Balaban J connectivity index is 0.000000396. The molecule has 0 fully saturated rings. The van der Waals surface area contributed by atoms with E-state index in [0.29, 0.717) is 0 Å². The molecule has 1 heterocycles. The van der Waals surface area contributed by atoms with Crippen molar-refractivity contribution in [2.45, 2.75) is 20.3 Å². The number of carbonyl (C=O) groups excluding carboxylic acids is 3. The molecule has 0 saturated carbocycles. The third-order valence-electron chi connectivity index (χ3n) is 3.19. The van der Waals surface area contributed by atoms with Gasteiger partial charge in [0.1, 0.15) is 12.2 Å². The number of H-pyrrole nitrogens is 1. The summed E-state index contributed by atoms with van der Waals surface area (Å²) >= 11 is 13.6. The van der Waals surface area contributed by atoms with Crippen LogP contribution in [-0.2, 0) is 19.1 Å². The molecule has 158 valence electrons. The van der Waals surface area contributed by atoms with Crippen molar-refractivity contribution in [1.82, 2.24) is 4.98 Å². The fourth-order valence-electron chi connectivity index (χ4n) is 2.04. The Bertz CT molecular complexity index is 1010. The second kappa shape index (κ2) is 11.1. The zero-order valence-corrected chi connectivity index (χ0v) is 18.2. The van der Waals surface area contributed by atoms with Gasteiger partial charge in [-0.25, -0.2) is 9.18 Å². The molecule has 0 radical (unpaired) electrons. The number of esters is 2. The molecule has 2 aromatic rings. The molecule has 0 saturated heterocycles. The van der Waals surface area contributed by atoms with Crippen molar-refractivity contribution in [3.8, 4) is 5.75 Å². The summed E-state index contributed by atoms with van der Waals surface area (Å²) in [5, 5.41) is 9.23. The Morgan fingerprint density at radius 1 is 1.24 bits per heavy atom. The van der Waals surface area contributed by atoms with Gasteiger partial charge >= 0.3 is 11.9 Å². The Morgan fingerprint density at radius 2 is 1.83 bits per heavy atom. The number of rotatable bonds is 5. The molecule has 0 unspecified atom stereocenters. The van der Waals surface area contributed by atoms with Crippen LogP contribution >= 0.6 is 39.1 Å². The molecule has 0 spiro atoms. The average molecular weight is 515 g/mol. The molecule has 8 nitrogen and oxygen atoms in total. The summed E-state index contributed by atoms with van der Waals surface area (Å²) in [5.74, 6) is -3.07. The number of aromatic hydroxyl groups is 1. The fourth-order valence-corrected chi connectivity index (χ4v) is 2.65. The van der Waals surface area contributed by atoms with E-state index in [0.717, 1.165) is 0 Å². The minimum absolute atomic E-state index is 0.00726. The predicted octanol–water partition coefficient (Wildman–Crippen LogP) is 3.67. The molecule has 12 heteroatoms. The van der Waals surface area contributed by atoms with Gasteiger partial charge in [-0.3, -0.25) is 14.4 Å².